The molecule has 1 fully saturated rings. The lowest BCUT2D eigenvalue weighted by Gasteiger charge is -2.25. The molecule has 0 aliphatic carbocycles. The summed E-state index contributed by atoms with van der Waals surface area (Å²) in [5.74, 6) is -1.02. The zero-order chi connectivity index (χ0) is 19.4. The van der Waals surface area contributed by atoms with Crippen molar-refractivity contribution in [2.75, 3.05) is 11.9 Å². The van der Waals surface area contributed by atoms with Crippen molar-refractivity contribution < 1.29 is 19.5 Å². The molecule has 0 radical (unpaired) electrons. The molecule has 1 aliphatic rings. The highest BCUT2D eigenvalue weighted by Gasteiger charge is 2.33. The van der Waals surface area contributed by atoms with Gasteiger partial charge in [-0.05, 0) is 36.8 Å². The van der Waals surface area contributed by atoms with Crippen molar-refractivity contribution >= 4 is 23.6 Å². The van der Waals surface area contributed by atoms with E-state index in [4.69, 9.17) is 5.11 Å². The first-order valence-corrected chi connectivity index (χ1v) is 8.69. The standard InChI is InChI=1S/C20H21N3O4/c1-13(14-5-3-2-4-6-14)23-12-17(11-18(23)24)22-20(27)21-16-9-7-15(8-10-16)19(25)26/h2-10,13,17H,11-12H2,1H3,(H,25,26)(H2,21,22,27). The third kappa shape index (κ3) is 4.44. The van der Waals surface area contributed by atoms with Gasteiger partial charge in [-0.2, -0.15) is 0 Å². The Morgan fingerprint density at radius 2 is 1.78 bits per heavy atom. The molecule has 7 nitrogen and oxygen atoms in total. The third-order valence-corrected chi connectivity index (χ3v) is 4.63. The molecule has 0 spiro atoms. The summed E-state index contributed by atoms with van der Waals surface area (Å²) in [5, 5.41) is 14.3. The van der Waals surface area contributed by atoms with Gasteiger partial charge in [0.15, 0.2) is 0 Å². The Labute approximate surface area is 157 Å². The van der Waals surface area contributed by atoms with E-state index < -0.39 is 12.0 Å². The van der Waals surface area contributed by atoms with E-state index in [0.717, 1.165) is 5.56 Å². The molecule has 2 unspecified atom stereocenters. The fourth-order valence-electron chi connectivity index (χ4n) is 3.16. The highest BCUT2D eigenvalue weighted by molar-refractivity contribution is 5.92. The van der Waals surface area contributed by atoms with Gasteiger partial charge in [-0.15, -0.1) is 0 Å². The van der Waals surface area contributed by atoms with Crippen LogP contribution in [0, 0.1) is 0 Å². The van der Waals surface area contributed by atoms with E-state index in [1.54, 1.807) is 4.90 Å². The highest BCUT2D eigenvalue weighted by atomic mass is 16.4. The first-order chi connectivity index (χ1) is 12.9. The second kappa shape index (κ2) is 7.90. The number of urea groups is 1. The zero-order valence-electron chi connectivity index (χ0n) is 14.9. The van der Waals surface area contributed by atoms with Crippen molar-refractivity contribution in [2.24, 2.45) is 0 Å². The van der Waals surface area contributed by atoms with E-state index in [1.807, 2.05) is 37.3 Å². The molecule has 2 aromatic carbocycles. The number of carboxylic acids is 1. The number of aromatic carboxylic acids is 1. The van der Waals surface area contributed by atoms with Crippen LogP contribution in [0.25, 0.3) is 0 Å². The Morgan fingerprint density at radius 3 is 2.41 bits per heavy atom. The van der Waals surface area contributed by atoms with Crippen LogP contribution in [0.4, 0.5) is 10.5 Å². The Kier molecular flexibility index (Phi) is 5.40. The maximum atomic E-state index is 12.3. The van der Waals surface area contributed by atoms with Crippen molar-refractivity contribution in [3.05, 3.63) is 65.7 Å². The van der Waals surface area contributed by atoms with Crippen LogP contribution in [0.5, 0.6) is 0 Å². The number of carbonyl (C=O) groups is 3. The van der Waals surface area contributed by atoms with Crippen LogP contribution < -0.4 is 10.6 Å². The number of carbonyl (C=O) groups excluding carboxylic acids is 2. The Balaban J connectivity index is 1.56. The van der Waals surface area contributed by atoms with E-state index in [0.29, 0.717) is 12.2 Å². The number of likely N-dealkylation sites (tertiary alicyclic amines) is 1. The first-order valence-electron chi connectivity index (χ1n) is 8.69. The minimum atomic E-state index is -1.02. The van der Waals surface area contributed by atoms with Gasteiger partial charge in [-0.1, -0.05) is 30.3 Å². The summed E-state index contributed by atoms with van der Waals surface area (Å²) in [4.78, 5) is 37.1. The third-order valence-electron chi connectivity index (χ3n) is 4.63. The first kappa shape index (κ1) is 18.4. The lowest BCUT2D eigenvalue weighted by atomic mass is 10.1. The number of carboxylic acid groups (broad SMARTS) is 1. The SMILES string of the molecule is CC(c1ccccc1)N1CC(NC(=O)Nc2ccc(C(=O)O)cc2)CC1=O. The molecular weight excluding hydrogens is 346 g/mol. The number of nitrogens with one attached hydrogen (secondary N) is 2. The van der Waals surface area contributed by atoms with Gasteiger partial charge in [0.1, 0.15) is 0 Å². The highest BCUT2D eigenvalue weighted by Crippen LogP contribution is 2.25. The molecule has 2 atom stereocenters. The molecular formula is C20H21N3O4. The fraction of sp³-hybridized carbons (Fsp3) is 0.250. The summed E-state index contributed by atoms with van der Waals surface area (Å²) in [5.41, 5.74) is 1.68. The van der Waals surface area contributed by atoms with E-state index in [-0.39, 0.29) is 30.0 Å². The van der Waals surface area contributed by atoms with Gasteiger partial charge in [0.25, 0.3) is 0 Å². The maximum Gasteiger partial charge on any atom is 0.335 e. The summed E-state index contributed by atoms with van der Waals surface area (Å²) in [6.07, 6.45) is 0.253. The van der Waals surface area contributed by atoms with Crippen molar-refractivity contribution in [3.63, 3.8) is 0 Å². The number of rotatable bonds is 5. The molecule has 1 heterocycles. The molecule has 0 bridgehead atoms. The minimum absolute atomic E-state index is 0.00228. The van der Waals surface area contributed by atoms with Gasteiger partial charge < -0.3 is 20.6 Å². The van der Waals surface area contributed by atoms with Gasteiger partial charge in [0, 0.05) is 18.7 Å². The Bertz CT molecular complexity index is 836. The number of hydrogen-bond donors (Lipinski definition) is 3. The van der Waals surface area contributed by atoms with Gasteiger partial charge in [-0.25, -0.2) is 9.59 Å². The van der Waals surface area contributed by atoms with Crippen LogP contribution in [-0.4, -0.2) is 40.5 Å². The average molecular weight is 367 g/mol. The molecule has 0 saturated carbocycles. The van der Waals surface area contributed by atoms with Crippen LogP contribution >= 0.6 is 0 Å². The summed E-state index contributed by atoms with van der Waals surface area (Å²) in [6.45, 7) is 2.42. The Morgan fingerprint density at radius 1 is 1.11 bits per heavy atom. The topological polar surface area (TPSA) is 98.7 Å². The number of anilines is 1. The zero-order valence-corrected chi connectivity index (χ0v) is 14.9. The number of benzene rings is 2. The smallest absolute Gasteiger partial charge is 0.335 e. The molecule has 3 N–H and O–H groups in total. The number of amides is 3. The van der Waals surface area contributed by atoms with Crippen molar-refractivity contribution in [3.8, 4) is 0 Å². The van der Waals surface area contributed by atoms with Gasteiger partial charge in [0.2, 0.25) is 5.91 Å². The Hall–Kier alpha value is -3.35. The monoisotopic (exact) mass is 367 g/mol. The lowest BCUT2D eigenvalue weighted by Crippen LogP contribution is -2.40. The predicted octanol–water partition coefficient (Wildman–Crippen LogP) is 2.87. The molecule has 7 heteroatoms. The number of hydrogen-bond acceptors (Lipinski definition) is 3. The van der Waals surface area contributed by atoms with Gasteiger partial charge >= 0.3 is 12.0 Å². The minimum Gasteiger partial charge on any atom is -0.478 e. The van der Waals surface area contributed by atoms with E-state index in [1.165, 1.54) is 24.3 Å². The maximum absolute atomic E-state index is 12.3. The second-order valence-electron chi connectivity index (χ2n) is 6.51. The molecule has 2 aromatic rings. The van der Waals surface area contributed by atoms with Gasteiger partial charge in [0.05, 0.1) is 17.6 Å². The quantitative estimate of drug-likeness (QED) is 0.757. The van der Waals surface area contributed by atoms with E-state index in [9.17, 15) is 14.4 Å². The van der Waals surface area contributed by atoms with Crippen LogP contribution in [0.3, 0.4) is 0 Å². The summed E-state index contributed by atoms with van der Waals surface area (Å²) in [6, 6.07) is 14.9. The summed E-state index contributed by atoms with van der Waals surface area (Å²) in [7, 11) is 0. The summed E-state index contributed by atoms with van der Waals surface area (Å²) < 4.78 is 0. The normalized spacial score (nSPS) is 17.4. The lowest BCUT2D eigenvalue weighted by molar-refractivity contribution is -0.129. The van der Waals surface area contributed by atoms with Crippen molar-refractivity contribution in [1.82, 2.24) is 10.2 Å². The summed E-state index contributed by atoms with van der Waals surface area (Å²) >= 11 is 0. The average Bonchev–Trinajstić information content (AvgIpc) is 3.02. The van der Waals surface area contributed by atoms with E-state index in [2.05, 4.69) is 10.6 Å². The largest absolute Gasteiger partial charge is 0.478 e. The van der Waals surface area contributed by atoms with Crippen LogP contribution in [0.2, 0.25) is 0 Å². The number of nitrogens with zero attached hydrogens (tertiary/aromatic N) is 1. The molecule has 3 rings (SSSR count). The van der Waals surface area contributed by atoms with Crippen molar-refractivity contribution in [1.29, 1.82) is 0 Å². The van der Waals surface area contributed by atoms with E-state index >= 15 is 0 Å². The second-order valence-corrected chi connectivity index (χ2v) is 6.51. The fourth-order valence-corrected chi connectivity index (χ4v) is 3.16. The molecule has 140 valence electrons. The van der Waals surface area contributed by atoms with Crippen LogP contribution in [0.1, 0.15) is 35.3 Å². The molecule has 0 aromatic heterocycles. The molecule has 3 amide bonds. The predicted molar refractivity (Wildman–Crippen MR) is 101 cm³/mol. The van der Waals surface area contributed by atoms with Crippen molar-refractivity contribution in [2.45, 2.75) is 25.4 Å². The van der Waals surface area contributed by atoms with Gasteiger partial charge in [-0.3, -0.25) is 4.79 Å². The van der Waals surface area contributed by atoms with Crippen LogP contribution in [0.15, 0.2) is 54.6 Å². The molecule has 27 heavy (non-hydrogen) atoms. The molecule has 1 aliphatic heterocycles. The molecule has 1 saturated heterocycles. The van der Waals surface area contributed by atoms with Crippen LogP contribution in [-0.2, 0) is 4.79 Å².